The quantitative estimate of drug-likeness (QED) is 0.247. The summed E-state index contributed by atoms with van der Waals surface area (Å²) in [5.74, 6) is 0. The van der Waals surface area contributed by atoms with Gasteiger partial charge in [-0.1, -0.05) is 18.2 Å². The van der Waals surface area contributed by atoms with Gasteiger partial charge in [-0.2, -0.15) is 4.33 Å². The Labute approximate surface area is 97.4 Å². The van der Waals surface area contributed by atoms with Crippen LogP contribution < -0.4 is 34.8 Å². The van der Waals surface area contributed by atoms with Crippen molar-refractivity contribution in [2.45, 2.75) is 11.8 Å². The van der Waals surface area contributed by atoms with E-state index >= 15 is 0 Å². The second-order valence-electron chi connectivity index (χ2n) is 1.98. The maximum Gasteiger partial charge on any atom is 1.00 e. The van der Waals surface area contributed by atoms with E-state index in [0.29, 0.717) is 0 Å². The smallest absolute Gasteiger partial charge is 0.691 e. The maximum absolute atomic E-state index is 9.47. The molecule has 5 heteroatoms. The van der Waals surface area contributed by atoms with E-state index in [1.807, 2.05) is 31.2 Å². The number of aryl methyl sites for hydroxylation is 1. The molecule has 0 fully saturated rings. The second-order valence-corrected chi connectivity index (χ2v) is 2.73. The van der Waals surface area contributed by atoms with Crippen LogP contribution in [0.2, 0.25) is 0 Å². The van der Waals surface area contributed by atoms with Gasteiger partial charge in [0.2, 0.25) is 0 Å². The van der Waals surface area contributed by atoms with E-state index in [1.54, 1.807) is 0 Å². The van der Waals surface area contributed by atoms with Gasteiger partial charge in [0.05, 0.1) is 12.0 Å². The van der Waals surface area contributed by atoms with Gasteiger partial charge in [0, 0.05) is 4.90 Å². The van der Waals surface area contributed by atoms with E-state index in [-0.39, 0.29) is 29.6 Å². The van der Waals surface area contributed by atoms with Crippen LogP contribution in [0.1, 0.15) is 5.56 Å². The van der Waals surface area contributed by atoms with Crippen LogP contribution in [0.3, 0.4) is 0 Å². The number of rotatable bonds is 3. The third kappa shape index (κ3) is 3.91. The molecule has 0 aromatic heterocycles. The molecule has 1 aromatic carbocycles. The third-order valence-electron chi connectivity index (χ3n) is 1.25. The first kappa shape index (κ1) is 12.4. The zero-order valence-corrected chi connectivity index (χ0v) is 9.76. The van der Waals surface area contributed by atoms with E-state index in [0.717, 1.165) is 22.5 Å². The van der Waals surface area contributed by atoms with Crippen molar-refractivity contribution in [3.05, 3.63) is 29.8 Å². The molecule has 0 aliphatic carbocycles. The molecular weight excluding hydrogens is 187 g/mol. The van der Waals surface area contributed by atoms with Gasteiger partial charge in [-0.15, -0.1) is 0 Å². The Morgan fingerprint density at radius 1 is 1.33 bits per heavy atom. The van der Waals surface area contributed by atoms with Gasteiger partial charge >= 0.3 is 29.6 Å². The molecule has 0 aliphatic heterocycles. The van der Waals surface area contributed by atoms with Gasteiger partial charge in [-0.05, 0) is 18.6 Å². The van der Waals surface area contributed by atoms with E-state index in [1.165, 1.54) is 0 Å². The standard InChI is InChI=1S/C7H8O3S.Na/c1-6-4-2-3-5-7(6)11-10-9-8;/h2-5,8H,1H3;/q;+1/p-1. The van der Waals surface area contributed by atoms with E-state index in [4.69, 9.17) is 0 Å². The second kappa shape index (κ2) is 6.91. The fraction of sp³-hybridized carbons (Fsp3) is 0.143. The molecule has 0 N–H and O–H groups in total. The van der Waals surface area contributed by atoms with Gasteiger partial charge < -0.3 is 5.26 Å². The molecule has 0 spiro atoms. The van der Waals surface area contributed by atoms with Gasteiger partial charge in [-0.3, -0.25) is 5.04 Å². The first-order valence-electron chi connectivity index (χ1n) is 3.03. The molecular formula is C7H7NaO3S. The Morgan fingerprint density at radius 3 is 2.58 bits per heavy atom. The summed E-state index contributed by atoms with van der Waals surface area (Å²) in [6, 6.07) is 7.55. The molecule has 0 radical (unpaired) electrons. The maximum atomic E-state index is 9.47. The Kier molecular flexibility index (Phi) is 7.17. The average molecular weight is 194 g/mol. The SMILES string of the molecule is Cc1ccccc1SOO[O-].[Na+]. The van der Waals surface area contributed by atoms with Gasteiger partial charge in [0.1, 0.15) is 0 Å². The summed E-state index contributed by atoms with van der Waals surface area (Å²) < 4.78 is 4.16. The van der Waals surface area contributed by atoms with Crippen molar-refractivity contribution in [1.82, 2.24) is 0 Å². The van der Waals surface area contributed by atoms with Crippen molar-refractivity contribution < 1.29 is 44.2 Å². The molecule has 1 rings (SSSR count). The zero-order valence-electron chi connectivity index (χ0n) is 6.94. The minimum absolute atomic E-state index is 0. The van der Waals surface area contributed by atoms with Crippen LogP contribution in [0.5, 0.6) is 0 Å². The van der Waals surface area contributed by atoms with E-state index in [9.17, 15) is 5.26 Å². The molecule has 0 saturated heterocycles. The van der Waals surface area contributed by atoms with Crippen LogP contribution >= 0.6 is 12.0 Å². The van der Waals surface area contributed by atoms with Crippen molar-refractivity contribution in [2.75, 3.05) is 0 Å². The summed E-state index contributed by atoms with van der Waals surface area (Å²) in [7, 11) is 0. The molecule has 0 heterocycles. The number of benzene rings is 1. The van der Waals surface area contributed by atoms with Crippen molar-refractivity contribution in [1.29, 1.82) is 0 Å². The van der Waals surface area contributed by atoms with Gasteiger partial charge in [-0.25, -0.2) is 0 Å². The molecule has 0 bridgehead atoms. The molecule has 0 atom stereocenters. The fourth-order valence-electron chi connectivity index (χ4n) is 0.700. The van der Waals surface area contributed by atoms with E-state index in [2.05, 4.69) is 9.37 Å². The normalized spacial score (nSPS) is 9.17. The van der Waals surface area contributed by atoms with Gasteiger partial charge in [0.25, 0.3) is 0 Å². The summed E-state index contributed by atoms with van der Waals surface area (Å²) in [6.07, 6.45) is 0. The van der Waals surface area contributed by atoms with Crippen molar-refractivity contribution in [2.24, 2.45) is 0 Å². The third-order valence-corrected chi connectivity index (χ3v) is 2.01. The number of hydrogen-bond donors (Lipinski definition) is 0. The van der Waals surface area contributed by atoms with Gasteiger partial charge in [0.15, 0.2) is 0 Å². The van der Waals surface area contributed by atoms with Crippen LogP contribution in [0.15, 0.2) is 29.2 Å². The number of hydrogen-bond acceptors (Lipinski definition) is 4. The topological polar surface area (TPSA) is 41.5 Å². The largest absolute Gasteiger partial charge is 1.00 e. The monoisotopic (exact) mass is 194 g/mol. The van der Waals surface area contributed by atoms with Crippen LogP contribution in [-0.4, -0.2) is 0 Å². The Morgan fingerprint density at radius 2 is 2.00 bits per heavy atom. The van der Waals surface area contributed by atoms with Crippen LogP contribution in [0.4, 0.5) is 0 Å². The van der Waals surface area contributed by atoms with E-state index < -0.39 is 0 Å². The van der Waals surface area contributed by atoms with Crippen LogP contribution in [-0.2, 0) is 9.37 Å². The molecule has 1 aromatic rings. The first-order chi connectivity index (χ1) is 5.34. The zero-order chi connectivity index (χ0) is 8.10. The van der Waals surface area contributed by atoms with Crippen LogP contribution in [0.25, 0.3) is 0 Å². The fourth-order valence-corrected chi connectivity index (χ4v) is 1.14. The molecule has 12 heavy (non-hydrogen) atoms. The molecule has 0 saturated carbocycles. The molecule has 0 aliphatic rings. The molecule has 0 unspecified atom stereocenters. The molecule has 3 nitrogen and oxygen atoms in total. The Bertz CT molecular complexity index is 232. The summed E-state index contributed by atoms with van der Waals surface area (Å²) in [4.78, 5) is 0.878. The predicted octanol–water partition coefficient (Wildman–Crippen LogP) is -1.77. The van der Waals surface area contributed by atoms with Crippen molar-refractivity contribution >= 4 is 12.0 Å². The van der Waals surface area contributed by atoms with Crippen LogP contribution in [0, 0.1) is 6.92 Å². The average Bonchev–Trinajstić information content (AvgIpc) is 2.03. The summed E-state index contributed by atoms with van der Waals surface area (Å²) in [5.41, 5.74) is 1.05. The van der Waals surface area contributed by atoms with Crippen molar-refractivity contribution in [3.8, 4) is 0 Å². The molecule has 0 amide bonds. The minimum atomic E-state index is 0. The van der Waals surface area contributed by atoms with Crippen molar-refractivity contribution in [3.63, 3.8) is 0 Å². The molecule has 60 valence electrons. The Balaban J connectivity index is 0.00000121. The predicted molar refractivity (Wildman–Crippen MR) is 39.2 cm³/mol. The summed E-state index contributed by atoms with van der Waals surface area (Å²) in [5, 5.41) is 12.7. The minimum Gasteiger partial charge on any atom is -0.691 e. The summed E-state index contributed by atoms with van der Waals surface area (Å²) >= 11 is 0.912. The summed E-state index contributed by atoms with van der Waals surface area (Å²) in [6.45, 7) is 1.93. The first-order valence-corrected chi connectivity index (χ1v) is 3.77. The Hall–Kier alpha value is 0.450.